The lowest BCUT2D eigenvalue weighted by Crippen LogP contribution is -2.53. The van der Waals surface area contributed by atoms with E-state index in [1.54, 1.807) is 30.3 Å². The number of nitrogens with zero attached hydrogens (tertiary/aromatic N) is 1. The predicted molar refractivity (Wildman–Crippen MR) is 217 cm³/mol. The molecule has 0 radical (unpaired) electrons. The second-order valence-electron chi connectivity index (χ2n) is 12.3. The first-order valence-corrected chi connectivity index (χ1v) is 16.2. The number of furan rings is 1. The van der Waals surface area contributed by atoms with Gasteiger partial charge in [-0.3, -0.25) is 0 Å². The fraction of sp³-hybridized carbons (Fsp3) is 0. The van der Waals surface area contributed by atoms with Crippen molar-refractivity contribution in [3.05, 3.63) is 169 Å². The van der Waals surface area contributed by atoms with Gasteiger partial charge in [0.15, 0.2) is 0 Å². The van der Waals surface area contributed by atoms with Crippen LogP contribution in [0, 0.1) is 0 Å². The van der Waals surface area contributed by atoms with E-state index < -0.39 is 184 Å². The number of aromatic nitrogens is 1. The van der Waals surface area contributed by atoms with Gasteiger partial charge in [0.1, 0.15) is 28.4 Å². The Morgan fingerprint density at radius 1 is 0.509 bits per heavy atom. The molecule has 12 rings (SSSR count). The van der Waals surface area contributed by atoms with E-state index in [1.807, 2.05) is 0 Å². The third-order valence-electron chi connectivity index (χ3n) is 9.45. The van der Waals surface area contributed by atoms with Crippen LogP contribution in [0.5, 0.6) is 17.2 Å². The fourth-order valence-corrected chi connectivity index (χ4v) is 7.17. The van der Waals surface area contributed by atoms with Crippen LogP contribution < -0.4 is 20.3 Å². The Hall–Kier alpha value is -6.98. The minimum absolute atomic E-state index is 0.0784. The molecule has 0 N–H and O–H groups in total. The van der Waals surface area contributed by atoms with Crippen LogP contribution in [0.3, 0.4) is 0 Å². The number of hydrogen-bond acceptors (Lipinski definition) is 3. The average molecular weight is 700 g/mol. The number of rotatable bonds is 3. The first-order chi connectivity index (χ1) is 35.4. The summed E-state index contributed by atoms with van der Waals surface area (Å²) in [7, 11) is 0. The Morgan fingerprint density at radius 3 is 2.09 bits per heavy atom. The summed E-state index contributed by atoms with van der Waals surface area (Å²) >= 11 is 0. The van der Waals surface area contributed by atoms with Crippen molar-refractivity contribution in [3.63, 3.8) is 0 Å². The van der Waals surface area contributed by atoms with E-state index in [0.29, 0.717) is 11.1 Å². The Kier molecular flexibility index (Phi) is 3.04. The standard InChI is InChI=1S/C48H28BNO3/c1-6-16-40(50-41-17-7-2-12-33(41)34-13-3-8-18-42(34)50)32(11-1)30-22-24-39-46(27-30)52-47-28-31(25-38-36-15-5-10-20-44(36)53-49(39)48(38)47)29-21-23-37-35-14-4-9-19-43(35)51-45(37)26-29/h1-28H/i1D,2D,3D,4D,6D,7D,8D,9D,11D,12D,13D,14D,16D,17D,18D,19D,21D,22D,23D,24D,26D,27D. The Balaban J connectivity index is 1.16. The van der Waals surface area contributed by atoms with Gasteiger partial charge in [-0.05, 0) is 82.7 Å². The van der Waals surface area contributed by atoms with Crippen molar-refractivity contribution in [2.24, 2.45) is 0 Å². The van der Waals surface area contributed by atoms with Crippen molar-refractivity contribution >= 4 is 61.6 Å². The Morgan fingerprint density at radius 2 is 1.23 bits per heavy atom. The van der Waals surface area contributed by atoms with E-state index in [9.17, 15) is 9.60 Å². The molecule has 5 heteroatoms. The van der Waals surface area contributed by atoms with Crippen LogP contribution in [0.4, 0.5) is 0 Å². The maximum absolute atomic E-state index is 9.92. The molecular formula is C48H28BNO3. The normalized spacial score (nSPS) is 18.6. The van der Waals surface area contributed by atoms with E-state index in [0.717, 1.165) is 4.57 Å². The lowest BCUT2D eigenvalue weighted by Gasteiger charge is -2.33. The molecule has 2 aliphatic rings. The predicted octanol–water partition coefficient (Wildman–Crippen LogP) is 11.3. The highest BCUT2D eigenvalue weighted by Crippen LogP contribution is 2.43. The van der Waals surface area contributed by atoms with E-state index >= 15 is 0 Å². The number of ether oxygens (including phenoxy) is 1. The van der Waals surface area contributed by atoms with Gasteiger partial charge in [0.05, 0.1) is 46.9 Å². The monoisotopic (exact) mass is 699 g/mol. The van der Waals surface area contributed by atoms with Gasteiger partial charge in [0, 0.05) is 43.6 Å². The number of para-hydroxylation sites is 5. The Labute approximate surface area is 336 Å². The highest BCUT2D eigenvalue weighted by atomic mass is 16.5. The number of benzene rings is 8. The second kappa shape index (κ2) is 10.8. The molecule has 53 heavy (non-hydrogen) atoms. The molecule has 2 aromatic heterocycles. The number of fused-ring (bicyclic) bond motifs is 10. The van der Waals surface area contributed by atoms with Gasteiger partial charge in [-0.1, -0.05) is 109 Å². The van der Waals surface area contributed by atoms with Gasteiger partial charge >= 0.3 is 6.92 Å². The summed E-state index contributed by atoms with van der Waals surface area (Å²) in [5.41, 5.74) is -2.79. The molecule has 0 aliphatic carbocycles. The second-order valence-corrected chi connectivity index (χ2v) is 12.3. The first kappa shape index (κ1) is 14.9. The van der Waals surface area contributed by atoms with Gasteiger partial charge < -0.3 is 18.4 Å². The zero-order chi connectivity index (χ0) is 53.8. The van der Waals surface area contributed by atoms with Crippen molar-refractivity contribution in [3.8, 4) is 56.3 Å². The highest BCUT2D eigenvalue weighted by molar-refractivity contribution is 6.84. The molecule has 0 unspecified atom stereocenters. The van der Waals surface area contributed by atoms with Crippen molar-refractivity contribution in [1.29, 1.82) is 0 Å². The van der Waals surface area contributed by atoms with Gasteiger partial charge in [0.25, 0.3) is 0 Å². The summed E-state index contributed by atoms with van der Waals surface area (Å²) in [6.45, 7) is -1.31. The molecule has 0 saturated heterocycles. The van der Waals surface area contributed by atoms with E-state index in [-0.39, 0.29) is 55.5 Å². The van der Waals surface area contributed by atoms with Gasteiger partial charge in [0.2, 0.25) is 0 Å². The van der Waals surface area contributed by atoms with Crippen molar-refractivity contribution in [2.75, 3.05) is 0 Å². The molecule has 4 heterocycles. The number of hydrogen-bond donors (Lipinski definition) is 0. The molecule has 0 saturated carbocycles. The molecule has 2 aliphatic heterocycles. The van der Waals surface area contributed by atoms with Crippen LogP contribution in [-0.4, -0.2) is 11.5 Å². The van der Waals surface area contributed by atoms with Crippen LogP contribution in [-0.2, 0) is 0 Å². The van der Waals surface area contributed by atoms with Crippen molar-refractivity contribution in [2.45, 2.75) is 0 Å². The van der Waals surface area contributed by atoms with E-state index in [1.165, 1.54) is 6.07 Å². The Bertz CT molecular complexity index is 4340. The minimum Gasteiger partial charge on any atom is -0.551 e. The van der Waals surface area contributed by atoms with Crippen molar-refractivity contribution in [1.82, 2.24) is 4.57 Å². The van der Waals surface area contributed by atoms with Crippen LogP contribution in [0.25, 0.3) is 82.8 Å². The molecule has 10 aromatic rings. The smallest absolute Gasteiger partial charge is 0.434 e. The largest absolute Gasteiger partial charge is 0.551 e. The van der Waals surface area contributed by atoms with Crippen molar-refractivity contribution < 1.29 is 44.0 Å². The van der Waals surface area contributed by atoms with Crippen LogP contribution >= 0.6 is 0 Å². The average Bonchev–Trinajstić information content (AvgIpc) is 4.03. The van der Waals surface area contributed by atoms with Crippen LogP contribution in [0.2, 0.25) is 0 Å². The van der Waals surface area contributed by atoms with Gasteiger partial charge in [-0.2, -0.15) is 0 Å². The fourth-order valence-electron chi connectivity index (χ4n) is 7.17. The molecule has 4 nitrogen and oxygen atoms in total. The summed E-state index contributed by atoms with van der Waals surface area (Å²) < 4.78 is 218. The molecule has 0 amide bonds. The van der Waals surface area contributed by atoms with E-state index in [4.69, 9.17) is 34.4 Å². The summed E-state index contributed by atoms with van der Waals surface area (Å²) in [5, 5.41) is -1.19. The topological polar surface area (TPSA) is 36.5 Å². The SMILES string of the molecule is [2H]c1c([2H])c([2H])c(-n2c3c([2H])c([2H])c([2H])c([2H])c3c3c([2H])c([2H])c([2H])c([2H])c32)c(-c2c([2H])c([2H])c3c(c2[2H])Oc2cc(-c4c([2H])c([2H])c5c(oc6c([2H])c([2H])c([2H])c([2H])c65)c4[2H])cc4c2B3Oc2ccccc2-4)c1[2H]. The van der Waals surface area contributed by atoms with Crippen LogP contribution in [0.15, 0.2) is 174 Å². The lowest BCUT2D eigenvalue weighted by atomic mass is 9.50. The highest BCUT2D eigenvalue weighted by Gasteiger charge is 2.41. The zero-order valence-electron chi connectivity index (χ0n) is 48.7. The summed E-state index contributed by atoms with van der Waals surface area (Å²) in [6.07, 6.45) is 0. The zero-order valence-corrected chi connectivity index (χ0v) is 26.7. The van der Waals surface area contributed by atoms with Gasteiger partial charge in [-0.25, -0.2) is 0 Å². The summed E-state index contributed by atoms with van der Waals surface area (Å²) in [6, 6.07) is -6.12. The third kappa shape index (κ3) is 4.13. The maximum atomic E-state index is 9.92. The molecule has 246 valence electrons. The molecule has 8 aromatic carbocycles. The molecule has 0 bridgehead atoms. The summed E-state index contributed by atoms with van der Waals surface area (Å²) in [5.74, 6) is -0.281. The first-order valence-electron chi connectivity index (χ1n) is 27.2. The summed E-state index contributed by atoms with van der Waals surface area (Å²) in [4.78, 5) is 0. The maximum Gasteiger partial charge on any atom is 0.434 e. The van der Waals surface area contributed by atoms with Gasteiger partial charge in [-0.15, -0.1) is 0 Å². The molecule has 0 spiro atoms. The van der Waals surface area contributed by atoms with Crippen LogP contribution in [0.1, 0.15) is 30.2 Å². The molecule has 0 atom stereocenters. The third-order valence-corrected chi connectivity index (χ3v) is 9.45. The minimum atomic E-state index is -1.31. The quantitative estimate of drug-likeness (QED) is 0.172. The molecular weight excluding hydrogens is 649 g/mol. The van der Waals surface area contributed by atoms with E-state index in [2.05, 4.69) is 0 Å². The molecule has 0 fully saturated rings. The lowest BCUT2D eigenvalue weighted by molar-refractivity contribution is 0.480.